The molecule has 0 aliphatic rings. The fraction of sp³-hybridized carbons (Fsp3) is 0. The predicted octanol–water partition coefficient (Wildman–Crippen LogP) is 6.34. The van der Waals surface area contributed by atoms with E-state index >= 15 is 0 Å². The lowest BCUT2D eigenvalue weighted by Crippen LogP contribution is -1.85. The first-order valence-corrected chi connectivity index (χ1v) is 8.56. The van der Waals surface area contributed by atoms with Gasteiger partial charge in [-0.1, -0.05) is 36.4 Å². The molecule has 3 heteroatoms. The first-order chi connectivity index (χ1) is 11.3. The van der Waals surface area contributed by atoms with Crippen molar-refractivity contribution in [3.63, 3.8) is 0 Å². The van der Waals surface area contributed by atoms with Gasteiger partial charge in [-0.25, -0.2) is 0 Å². The van der Waals surface area contributed by atoms with Crippen LogP contribution in [0.2, 0.25) is 0 Å². The number of halogens is 1. The molecule has 23 heavy (non-hydrogen) atoms. The summed E-state index contributed by atoms with van der Waals surface area (Å²) in [5.41, 5.74) is 5.66. The van der Waals surface area contributed by atoms with E-state index in [1.165, 1.54) is 31.0 Å². The Labute approximate surface area is 146 Å². The molecular weight excluding hydrogens is 397 g/mol. The largest absolute Gasteiger partial charge is 0.464 e. The van der Waals surface area contributed by atoms with E-state index < -0.39 is 0 Å². The first kappa shape index (κ1) is 13.2. The van der Waals surface area contributed by atoms with E-state index in [9.17, 15) is 0 Å². The predicted molar refractivity (Wildman–Crippen MR) is 104 cm³/mol. The van der Waals surface area contributed by atoms with Crippen molar-refractivity contribution in [2.75, 3.05) is 0 Å². The topological polar surface area (TPSA) is 28.9 Å². The van der Waals surface area contributed by atoms with Crippen LogP contribution in [-0.4, -0.2) is 4.98 Å². The molecular formula is C20H12INO. The fourth-order valence-electron chi connectivity index (χ4n) is 3.36. The van der Waals surface area contributed by atoms with Gasteiger partial charge in [0.25, 0.3) is 0 Å². The van der Waals surface area contributed by atoms with Crippen LogP contribution in [0.5, 0.6) is 0 Å². The Balaban J connectivity index is 2.05. The molecule has 2 aromatic heterocycles. The number of hydrogen-bond acceptors (Lipinski definition) is 1. The summed E-state index contributed by atoms with van der Waals surface area (Å²) in [7, 11) is 0. The molecule has 2 heterocycles. The number of hydrogen-bond donors (Lipinski definition) is 1. The van der Waals surface area contributed by atoms with Crippen molar-refractivity contribution in [1.29, 1.82) is 0 Å². The zero-order valence-corrected chi connectivity index (χ0v) is 14.3. The highest BCUT2D eigenvalue weighted by Gasteiger charge is 2.16. The second kappa shape index (κ2) is 4.86. The maximum Gasteiger partial charge on any atom is 0.135 e. The maximum absolute atomic E-state index is 5.73. The van der Waals surface area contributed by atoms with Crippen molar-refractivity contribution >= 4 is 55.4 Å². The summed E-state index contributed by atoms with van der Waals surface area (Å²) < 4.78 is 6.96. The third-order valence-electron chi connectivity index (χ3n) is 4.38. The minimum atomic E-state index is 0.928. The van der Waals surface area contributed by atoms with Gasteiger partial charge in [-0.15, -0.1) is 0 Å². The maximum atomic E-state index is 5.73. The molecule has 0 amide bonds. The van der Waals surface area contributed by atoms with Gasteiger partial charge in [0.15, 0.2) is 0 Å². The average Bonchev–Trinajstić information content (AvgIpc) is 3.18. The Morgan fingerprint density at radius 3 is 2.57 bits per heavy atom. The lowest BCUT2D eigenvalue weighted by molar-refractivity contribution is 0.616. The lowest BCUT2D eigenvalue weighted by Gasteiger charge is -2.07. The van der Waals surface area contributed by atoms with Crippen LogP contribution >= 0.6 is 22.6 Å². The Hall–Kier alpha value is -2.27. The van der Waals surface area contributed by atoms with E-state index in [-0.39, 0.29) is 0 Å². The Morgan fingerprint density at radius 1 is 0.826 bits per heavy atom. The van der Waals surface area contributed by atoms with Crippen molar-refractivity contribution < 1.29 is 4.42 Å². The molecule has 5 rings (SSSR count). The molecule has 0 spiro atoms. The Bertz CT molecular complexity index is 1180. The van der Waals surface area contributed by atoms with Crippen LogP contribution in [0.3, 0.4) is 0 Å². The molecule has 0 radical (unpaired) electrons. The summed E-state index contributed by atoms with van der Waals surface area (Å²) in [4.78, 5) is 3.61. The number of fused-ring (bicyclic) bond motifs is 5. The van der Waals surface area contributed by atoms with Crippen LogP contribution in [0, 0.1) is 3.57 Å². The molecule has 0 unspecified atom stereocenters. The zero-order chi connectivity index (χ0) is 15.4. The van der Waals surface area contributed by atoms with Crippen molar-refractivity contribution in [2.24, 2.45) is 0 Å². The monoisotopic (exact) mass is 409 g/mol. The van der Waals surface area contributed by atoms with Crippen LogP contribution in [0.4, 0.5) is 0 Å². The minimum Gasteiger partial charge on any atom is -0.464 e. The SMILES string of the molecule is Ic1ccccc1-c1cc2occc2c2c1[nH]c1ccccc12. The number of nitrogens with one attached hydrogen (secondary N) is 1. The summed E-state index contributed by atoms with van der Waals surface area (Å²) in [6.45, 7) is 0. The van der Waals surface area contributed by atoms with Gasteiger partial charge in [-0.3, -0.25) is 0 Å². The Kier molecular flexibility index (Phi) is 2.79. The molecule has 0 saturated carbocycles. The van der Waals surface area contributed by atoms with Crippen molar-refractivity contribution in [1.82, 2.24) is 4.98 Å². The molecule has 0 saturated heterocycles. The number of rotatable bonds is 1. The smallest absolute Gasteiger partial charge is 0.135 e. The van der Waals surface area contributed by atoms with Crippen LogP contribution in [0.15, 0.2) is 71.3 Å². The van der Waals surface area contributed by atoms with E-state index in [0.717, 1.165) is 16.5 Å². The number of benzene rings is 3. The third kappa shape index (κ3) is 1.86. The van der Waals surface area contributed by atoms with E-state index in [1.54, 1.807) is 6.26 Å². The minimum absolute atomic E-state index is 0.928. The second-order valence-corrected chi connectivity index (χ2v) is 6.82. The molecule has 5 aromatic rings. The van der Waals surface area contributed by atoms with E-state index in [4.69, 9.17) is 4.42 Å². The molecule has 0 aliphatic carbocycles. The first-order valence-electron chi connectivity index (χ1n) is 7.48. The summed E-state index contributed by atoms with van der Waals surface area (Å²) in [5, 5.41) is 3.63. The van der Waals surface area contributed by atoms with Gasteiger partial charge in [-0.05, 0) is 52.4 Å². The normalized spacial score (nSPS) is 11.7. The molecule has 110 valence electrons. The summed E-state index contributed by atoms with van der Waals surface area (Å²) in [5.74, 6) is 0. The highest BCUT2D eigenvalue weighted by atomic mass is 127. The standard InChI is InChI=1S/C20H12INO/c21-16-7-3-1-5-12(16)15-11-18-14(9-10-23-18)19-13-6-2-4-8-17(13)22-20(15)19/h1-11,22H. The molecule has 2 nitrogen and oxygen atoms in total. The van der Waals surface area contributed by atoms with Crippen LogP contribution in [0.1, 0.15) is 0 Å². The van der Waals surface area contributed by atoms with Gasteiger partial charge in [0.05, 0.1) is 11.8 Å². The zero-order valence-electron chi connectivity index (χ0n) is 12.1. The van der Waals surface area contributed by atoms with Crippen molar-refractivity contribution in [3.05, 3.63) is 70.5 Å². The van der Waals surface area contributed by atoms with E-state index in [1.807, 2.05) is 0 Å². The van der Waals surface area contributed by atoms with Crippen LogP contribution < -0.4 is 0 Å². The molecule has 1 N–H and O–H groups in total. The van der Waals surface area contributed by atoms with Gasteiger partial charge in [-0.2, -0.15) is 0 Å². The van der Waals surface area contributed by atoms with Crippen molar-refractivity contribution in [3.8, 4) is 11.1 Å². The molecule has 3 aromatic carbocycles. The molecule has 0 fully saturated rings. The van der Waals surface area contributed by atoms with E-state index in [2.05, 4.69) is 88.2 Å². The number of aromatic amines is 1. The second-order valence-electron chi connectivity index (χ2n) is 5.66. The van der Waals surface area contributed by atoms with Gasteiger partial charge < -0.3 is 9.40 Å². The summed E-state index contributed by atoms with van der Waals surface area (Å²) >= 11 is 2.39. The number of furan rings is 1. The molecule has 0 bridgehead atoms. The van der Waals surface area contributed by atoms with Crippen LogP contribution in [-0.2, 0) is 0 Å². The fourth-order valence-corrected chi connectivity index (χ4v) is 4.04. The average molecular weight is 409 g/mol. The van der Waals surface area contributed by atoms with Crippen LogP contribution in [0.25, 0.3) is 43.9 Å². The quantitative estimate of drug-likeness (QED) is 0.322. The number of para-hydroxylation sites is 1. The number of aromatic nitrogens is 1. The van der Waals surface area contributed by atoms with E-state index in [0.29, 0.717) is 0 Å². The van der Waals surface area contributed by atoms with Gasteiger partial charge in [0, 0.05) is 30.8 Å². The van der Waals surface area contributed by atoms with Gasteiger partial charge >= 0.3 is 0 Å². The highest BCUT2D eigenvalue weighted by Crippen LogP contribution is 2.40. The highest BCUT2D eigenvalue weighted by molar-refractivity contribution is 14.1. The van der Waals surface area contributed by atoms with Crippen molar-refractivity contribution in [2.45, 2.75) is 0 Å². The van der Waals surface area contributed by atoms with Gasteiger partial charge in [0.1, 0.15) is 5.58 Å². The summed E-state index contributed by atoms with van der Waals surface area (Å²) in [6.07, 6.45) is 1.77. The third-order valence-corrected chi connectivity index (χ3v) is 5.32. The molecule has 0 atom stereocenters. The lowest BCUT2D eigenvalue weighted by atomic mass is 9.99. The Morgan fingerprint density at radius 2 is 1.65 bits per heavy atom. The molecule has 0 aliphatic heterocycles. The summed E-state index contributed by atoms with van der Waals surface area (Å²) in [6, 6.07) is 21.1. The van der Waals surface area contributed by atoms with Gasteiger partial charge in [0.2, 0.25) is 0 Å². The number of H-pyrrole nitrogens is 1.